The fraction of sp³-hybridized carbons (Fsp3) is 0.615. The lowest BCUT2D eigenvalue weighted by molar-refractivity contribution is -0.158. The van der Waals surface area contributed by atoms with Gasteiger partial charge in [-0.2, -0.15) is 8.78 Å². The van der Waals surface area contributed by atoms with Crippen LogP contribution in [0.5, 0.6) is 5.75 Å². The van der Waals surface area contributed by atoms with Crippen molar-refractivity contribution in [3.8, 4) is 5.75 Å². The average Bonchev–Trinajstić information content (AvgIpc) is 2.74. The fourth-order valence-electron chi connectivity index (χ4n) is 4.21. The molecule has 0 radical (unpaired) electrons. The maximum absolute atomic E-state index is 13.0. The Balaban J connectivity index is 1.50. The lowest BCUT2D eigenvalue weighted by Crippen LogP contribution is -2.40. The fourth-order valence-corrected chi connectivity index (χ4v) is 4.21. The molecule has 0 amide bonds. The number of rotatable bonds is 11. The van der Waals surface area contributed by atoms with Gasteiger partial charge < -0.3 is 19.1 Å². The summed E-state index contributed by atoms with van der Waals surface area (Å²) < 4.78 is 42.2. The smallest absolute Gasteiger partial charge is 0.394 e. The predicted molar refractivity (Wildman–Crippen MR) is 128 cm³/mol. The molecule has 0 spiro atoms. The van der Waals surface area contributed by atoms with Crippen molar-refractivity contribution < 1.29 is 23.0 Å². The van der Waals surface area contributed by atoms with Crippen LogP contribution in [0.4, 0.5) is 14.5 Å². The van der Waals surface area contributed by atoms with E-state index < -0.39 is 6.11 Å². The maximum atomic E-state index is 13.0. The average molecular weight is 465 g/mol. The van der Waals surface area contributed by atoms with Crippen molar-refractivity contribution in [2.75, 3.05) is 51.4 Å². The number of ether oxygens (including phenoxy) is 3. The van der Waals surface area contributed by atoms with E-state index in [4.69, 9.17) is 9.47 Å². The standard InChI is InChI=1S/C26H38F2N2O3/c1-5-6-21(22-18-25(19-22)32-16-13-30-11-14-31-15-12-30)17-20(2)29(4)23-7-9-24(10-8-23)33-26(3,27)28/h6-10,17,22,25H,5,11-16,18-19H2,1-4H3/b20-17-,21-6-. The van der Waals surface area contributed by atoms with Crippen molar-refractivity contribution in [1.29, 1.82) is 0 Å². The van der Waals surface area contributed by atoms with Crippen LogP contribution < -0.4 is 9.64 Å². The van der Waals surface area contributed by atoms with Crippen molar-refractivity contribution in [2.24, 2.45) is 5.92 Å². The van der Waals surface area contributed by atoms with Crippen molar-refractivity contribution in [3.63, 3.8) is 0 Å². The van der Waals surface area contributed by atoms with Gasteiger partial charge in [0.15, 0.2) is 0 Å². The molecule has 1 aliphatic carbocycles. The number of hydrogen-bond donors (Lipinski definition) is 0. The number of anilines is 1. The molecule has 1 aromatic carbocycles. The Morgan fingerprint density at radius 1 is 1.21 bits per heavy atom. The minimum atomic E-state index is -3.18. The van der Waals surface area contributed by atoms with Gasteiger partial charge in [-0.15, -0.1) is 0 Å². The van der Waals surface area contributed by atoms with E-state index in [-0.39, 0.29) is 5.75 Å². The molecule has 1 saturated heterocycles. The summed E-state index contributed by atoms with van der Waals surface area (Å²) >= 11 is 0. The molecule has 184 valence electrons. The van der Waals surface area contributed by atoms with Gasteiger partial charge in [0.25, 0.3) is 0 Å². The molecule has 7 heteroatoms. The zero-order valence-corrected chi connectivity index (χ0v) is 20.4. The molecular weight excluding hydrogens is 426 g/mol. The van der Waals surface area contributed by atoms with Crippen LogP contribution in [0.1, 0.15) is 40.0 Å². The Hall–Kier alpha value is -1.96. The summed E-state index contributed by atoms with van der Waals surface area (Å²) in [5.74, 6) is 0.672. The largest absolute Gasteiger partial charge is 0.433 e. The SMILES string of the molecule is CC/C=C(/C=C(/C)N(C)c1ccc(OC(C)(F)F)cc1)C1CC(OCCN2CCOCC2)C1. The Kier molecular flexibility index (Phi) is 9.29. The second-order valence-corrected chi connectivity index (χ2v) is 8.98. The van der Waals surface area contributed by atoms with E-state index in [9.17, 15) is 8.78 Å². The van der Waals surface area contributed by atoms with Crippen LogP contribution >= 0.6 is 0 Å². The van der Waals surface area contributed by atoms with Crippen LogP contribution in [-0.2, 0) is 9.47 Å². The third kappa shape index (κ3) is 8.09. The number of allylic oxidation sites excluding steroid dienone is 4. The van der Waals surface area contributed by atoms with Crippen LogP contribution in [0.3, 0.4) is 0 Å². The van der Waals surface area contributed by atoms with Crippen molar-refractivity contribution >= 4 is 5.69 Å². The molecule has 33 heavy (non-hydrogen) atoms. The zero-order valence-electron chi connectivity index (χ0n) is 20.4. The van der Waals surface area contributed by atoms with Crippen LogP contribution in [-0.4, -0.2) is 63.6 Å². The quantitative estimate of drug-likeness (QED) is 0.405. The summed E-state index contributed by atoms with van der Waals surface area (Å²) in [6, 6.07) is 6.74. The lowest BCUT2D eigenvalue weighted by atomic mass is 9.76. The topological polar surface area (TPSA) is 34.2 Å². The molecule has 1 aliphatic heterocycles. The molecule has 2 aliphatic rings. The minimum absolute atomic E-state index is 0.155. The first-order chi connectivity index (χ1) is 15.7. The van der Waals surface area contributed by atoms with E-state index in [1.54, 1.807) is 24.3 Å². The zero-order chi connectivity index (χ0) is 23.8. The number of halogens is 2. The summed E-state index contributed by atoms with van der Waals surface area (Å²) in [6.07, 6.45) is 4.79. The van der Waals surface area contributed by atoms with Gasteiger partial charge in [0.05, 0.1) is 25.9 Å². The lowest BCUT2D eigenvalue weighted by Gasteiger charge is -2.37. The minimum Gasteiger partial charge on any atom is -0.433 e. The first-order valence-electron chi connectivity index (χ1n) is 12.0. The Morgan fingerprint density at radius 2 is 1.88 bits per heavy atom. The highest BCUT2D eigenvalue weighted by atomic mass is 19.3. The summed E-state index contributed by atoms with van der Waals surface area (Å²) in [5, 5.41) is 0. The summed E-state index contributed by atoms with van der Waals surface area (Å²) in [5.41, 5.74) is 3.37. The highest BCUT2D eigenvalue weighted by Gasteiger charge is 2.32. The highest BCUT2D eigenvalue weighted by Crippen LogP contribution is 2.37. The Bertz CT molecular complexity index is 793. The van der Waals surface area contributed by atoms with Crippen molar-refractivity contribution in [2.45, 2.75) is 52.2 Å². The van der Waals surface area contributed by atoms with Crippen LogP contribution in [0.25, 0.3) is 0 Å². The van der Waals surface area contributed by atoms with Gasteiger partial charge in [0.2, 0.25) is 0 Å². The molecule has 0 N–H and O–H groups in total. The number of benzene rings is 1. The predicted octanol–water partition coefficient (Wildman–Crippen LogP) is 5.48. The third-order valence-corrected chi connectivity index (χ3v) is 6.30. The van der Waals surface area contributed by atoms with Gasteiger partial charge in [-0.25, -0.2) is 0 Å². The van der Waals surface area contributed by atoms with Gasteiger partial charge in [0.1, 0.15) is 5.75 Å². The molecule has 5 nitrogen and oxygen atoms in total. The van der Waals surface area contributed by atoms with E-state index >= 15 is 0 Å². The summed E-state index contributed by atoms with van der Waals surface area (Å²) in [4.78, 5) is 4.46. The Morgan fingerprint density at radius 3 is 2.48 bits per heavy atom. The molecule has 1 heterocycles. The number of hydrogen-bond acceptors (Lipinski definition) is 5. The molecular formula is C26H38F2N2O3. The first-order valence-corrected chi connectivity index (χ1v) is 12.0. The molecule has 0 bridgehead atoms. The van der Waals surface area contributed by atoms with Gasteiger partial charge in [0, 0.05) is 45.0 Å². The second kappa shape index (κ2) is 12.0. The first kappa shape index (κ1) is 25.7. The Labute approximate surface area is 197 Å². The van der Waals surface area contributed by atoms with E-state index in [0.29, 0.717) is 12.0 Å². The van der Waals surface area contributed by atoms with Crippen molar-refractivity contribution in [3.05, 3.63) is 47.7 Å². The van der Waals surface area contributed by atoms with E-state index in [0.717, 1.165) is 77.0 Å². The molecule has 1 saturated carbocycles. The van der Waals surface area contributed by atoms with Gasteiger partial charge in [-0.3, -0.25) is 4.90 Å². The second-order valence-electron chi connectivity index (χ2n) is 8.98. The number of alkyl halides is 2. The molecule has 0 unspecified atom stereocenters. The number of nitrogens with zero attached hydrogens (tertiary/aromatic N) is 2. The molecule has 1 aromatic rings. The molecule has 2 fully saturated rings. The molecule has 0 aromatic heterocycles. The van der Waals surface area contributed by atoms with Gasteiger partial charge in [-0.1, -0.05) is 13.0 Å². The third-order valence-electron chi connectivity index (χ3n) is 6.30. The van der Waals surface area contributed by atoms with E-state index in [2.05, 4.69) is 40.5 Å². The van der Waals surface area contributed by atoms with Crippen molar-refractivity contribution in [1.82, 2.24) is 4.90 Å². The maximum Gasteiger partial charge on any atom is 0.394 e. The molecule has 0 atom stereocenters. The van der Waals surface area contributed by atoms with Crippen LogP contribution in [0, 0.1) is 5.92 Å². The van der Waals surface area contributed by atoms with Gasteiger partial charge >= 0.3 is 6.11 Å². The number of morpholine rings is 1. The van der Waals surface area contributed by atoms with E-state index in [1.807, 2.05) is 7.05 Å². The van der Waals surface area contributed by atoms with Crippen LogP contribution in [0.2, 0.25) is 0 Å². The summed E-state index contributed by atoms with van der Waals surface area (Å²) in [6.45, 7) is 10.4. The highest BCUT2D eigenvalue weighted by molar-refractivity contribution is 5.53. The monoisotopic (exact) mass is 464 g/mol. The summed E-state index contributed by atoms with van der Waals surface area (Å²) in [7, 11) is 1.98. The normalized spacial score (nSPS) is 22.7. The molecule has 3 rings (SSSR count). The van der Waals surface area contributed by atoms with E-state index in [1.165, 1.54) is 5.57 Å². The van der Waals surface area contributed by atoms with Gasteiger partial charge in [-0.05, 0) is 68.0 Å². The van der Waals surface area contributed by atoms with Crippen LogP contribution in [0.15, 0.2) is 47.7 Å².